The molecule has 0 aromatic carbocycles. The van der Waals surface area contributed by atoms with Crippen molar-refractivity contribution in [2.45, 2.75) is 31.9 Å². The molecule has 0 radical (unpaired) electrons. The fraction of sp³-hybridized carbons (Fsp3) is 0.538. The molecule has 0 spiro atoms. The van der Waals surface area contributed by atoms with Gasteiger partial charge in [0.05, 0.1) is 18.2 Å². The van der Waals surface area contributed by atoms with Crippen molar-refractivity contribution in [1.29, 1.82) is 0 Å². The van der Waals surface area contributed by atoms with Crippen molar-refractivity contribution in [3.05, 3.63) is 27.6 Å². The molecular formula is C13H17N3O2S. The van der Waals surface area contributed by atoms with Gasteiger partial charge in [-0.3, -0.25) is 4.79 Å². The fourth-order valence-electron chi connectivity index (χ4n) is 2.63. The maximum Gasteiger partial charge on any atom is 0.268 e. The van der Waals surface area contributed by atoms with E-state index >= 15 is 0 Å². The Morgan fingerprint density at radius 2 is 2.42 bits per heavy atom. The van der Waals surface area contributed by atoms with Crippen LogP contribution in [-0.4, -0.2) is 27.7 Å². The van der Waals surface area contributed by atoms with Crippen LogP contribution < -0.4 is 10.9 Å². The second-order valence-corrected chi connectivity index (χ2v) is 6.03. The maximum atomic E-state index is 11.8. The number of aliphatic hydroxyl groups is 1. The van der Waals surface area contributed by atoms with Crippen LogP contribution in [0.25, 0.3) is 10.2 Å². The second-order valence-electron chi connectivity index (χ2n) is 5.11. The molecule has 2 unspecified atom stereocenters. The number of fused-ring (bicyclic) bond motifs is 1. The molecule has 3 rings (SSSR count). The first kappa shape index (κ1) is 12.8. The smallest absolute Gasteiger partial charge is 0.268 e. The predicted molar refractivity (Wildman–Crippen MR) is 75.3 cm³/mol. The number of rotatable bonds is 4. The molecule has 2 aromatic rings. The number of aliphatic hydroxyl groups excluding tert-OH is 1. The summed E-state index contributed by atoms with van der Waals surface area (Å²) in [6.07, 6.45) is 2.72. The van der Waals surface area contributed by atoms with E-state index in [0.29, 0.717) is 23.0 Å². The molecule has 0 amide bonds. The molecule has 6 heteroatoms. The summed E-state index contributed by atoms with van der Waals surface area (Å²) in [5.41, 5.74) is 0.704. The van der Waals surface area contributed by atoms with Crippen LogP contribution in [0.3, 0.4) is 0 Å². The summed E-state index contributed by atoms with van der Waals surface area (Å²) in [6.45, 7) is 1.43. The number of hydrogen-bond donors (Lipinski definition) is 3. The number of H-pyrrole nitrogens is 1. The van der Waals surface area contributed by atoms with Crippen molar-refractivity contribution in [3.63, 3.8) is 0 Å². The highest BCUT2D eigenvalue weighted by Crippen LogP contribution is 2.24. The van der Waals surface area contributed by atoms with Crippen LogP contribution in [0, 0.1) is 5.92 Å². The largest absolute Gasteiger partial charge is 0.393 e. The lowest BCUT2D eigenvalue weighted by atomic mass is 10.1. The average molecular weight is 279 g/mol. The first-order chi connectivity index (χ1) is 9.22. The van der Waals surface area contributed by atoms with E-state index in [4.69, 9.17) is 0 Å². The third kappa shape index (κ3) is 2.86. The highest BCUT2D eigenvalue weighted by Gasteiger charge is 2.22. The molecule has 102 valence electrons. The van der Waals surface area contributed by atoms with Crippen molar-refractivity contribution in [3.8, 4) is 0 Å². The van der Waals surface area contributed by atoms with Gasteiger partial charge in [0, 0.05) is 0 Å². The Bertz CT molecular complexity index is 622. The highest BCUT2D eigenvalue weighted by molar-refractivity contribution is 7.17. The number of hydrogen-bond acceptors (Lipinski definition) is 5. The van der Waals surface area contributed by atoms with E-state index in [2.05, 4.69) is 15.3 Å². The van der Waals surface area contributed by atoms with E-state index < -0.39 is 0 Å². The van der Waals surface area contributed by atoms with Crippen LogP contribution in [0.5, 0.6) is 0 Å². The zero-order chi connectivity index (χ0) is 13.2. The van der Waals surface area contributed by atoms with Gasteiger partial charge >= 0.3 is 0 Å². The van der Waals surface area contributed by atoms with Crippen molar-refractivity contribution < 1.29 is 5.11 Å². The lowest BCUT2D eigenvalue weighted by molar-refractivity contribution is 0.177. The van der Waals surface area contributed by atoms with Gasteiger partial charge in [-0.2, -0.15) is 0 Å². The Morgan fingerprint density at radius 1 is 1.53 bits per heavy atom. The van der Waals surface area contributed by atoms with Crippen molar-refractivity contribution >= 4 is 21.6 Å². The van der Waals surface area contributed by atoms with Gasteiger partial charge in [-0.25, -0.2) is 4.98 Å². The molecule has 2 aromatic heterocycles. The van der Waals surface area contributed by atoms with Gasteiger partial charge in [0.15, 0.2) is 0 Å². The summed E-state index contributed by atoms with van der Waals surface area (Å²) in [4.78, 5) is 19.0. The van der Waals surface area contributed by atoms with Crippen molar-refractivity contribution in [1.82, 2.24) is 15.3 Å². The van der Waals surface area contributed by atoms with Crippen LogP contribution >= 0.6 is 11.3 Å². The molecule has 0 aliphatic heterocycles. The normalized spacial score (nSPS) is 23.2. The highest BCUT2D eigenvalue weighted by atomic mass is 32.1. The first-order valence-electron chi connectivity index (χ1n) is 6.57. The minimum absolute atomic E-state index is 0.0620. The zero-order valence-corrected chi connectivity index (χ0v) is 11.4. The summed E-state index contributed by atoms with van der Waals surface area (Å²) in [5, 5.41) is 14.6. The van der Waals surface area contributed by atoms with Crippen LogP contribution in [-0.2, 0) is 6.54 Å². The van der Waals surface area contributed by atoms with Gasteiger partial charge in [-0.15, -0.1) is 11.3 Å². The zero-order valence-electron chi connectivity index (χ0n) is 10.6. The molecule has 1 saturated carbocycles. The lowest BCUT2D eigenvalue weighted by Crippen LogP contribution is -2.24. The van der Waals surface area contributed by atoms with Crippen LogP contribution in [0.15, 0.2) is 16.2 Å². The number of aromatic nitrogens is 2. The fourth-order valence-corrected chi connectivity index (χ4v) is 3.36. The van der Waals surface area contributed by atoms with E-state index in [-0.39, 0.29) is 11.7 Å². The number of thiophene rings is 1. The summed E-state index contributed by atoms with van der Waals surface area (Å²) in [5.74, 6) is 1.21. The molecule has 1 aliphatic rings. The maximum absolute atomic E-state index is 11.8. The van der Waals surface area contributed by atoms with Crippen LogP contribution in [0.2, 0.25) is 0 Å². The SMILES string of the molecule is O=c1[nH]c(CNCC2CCC(O)C2)nc2ccsc12. The van der Waals surface area contributed by atoms with Gasteiger partial charge in [0.1, 0.15) is 10.5 Å². The number of nitrogens with one attached hydrogen (secondary N) is 2. The van der Waals surface area contributed by atoms with Gasteiger partial charge in [0.25, 0.3) is 5.56 Å². The molecule has 2 atom stereocenters. The van der Waals surface area contributed by atoms with Gasteiger partial charge in [-0.1, -0.05) is 0 Å². The molecule has 2 heterocycles. The Balaban J connectivity index is 1.60. The predicted octanol–water partition coefficient (Wildman–Crippen LogP) is 1.24. The molecule has 0 bridgehead atoms. The minimum atomic E-state index is -0.133. The lowest BCUT2D eigenvalue weighted by Gasteiger charge is -2.10. The van der Waals surface area contributed by atoms with E-state index in [9.17, 15) is 9.90 Å². The molecule has 3 N–H and O–H groups in total. The second kappa shape index (κ2) is 5.40. The number of aromatic amines is 1. The Labute approximate surface area is 114 Å². The van der Waals surface area contributed by atoms with Gasteiger partial charge in [0.2, 0.25) is 0 Å². The number of nitrogens with zero attached hydrogens (tertiary/aromatic N) is 1. The summed E-state index contributed by atoms with van der Waals surface area (Å²) in [6, 6.07) is 1.87. The topological polar surface area (TPSA) is 78.0 Å². The third-order valence-corrected chi connectivity index (χ3v) is 4.51. The molecule has 1 aliphatic carbocycles. The third-order valence-electron chi connectivity index (χ3n) is 3.60. The van der Waals surface area contributed by atoms with Crippen LogP contribution in [0.4, 0.5) is 0 Å². The molecule has 1 fully saturated rings. The summed E-state index contributed by atoms with van der Waals surface area (Å²) >= 11 is 1.41. The van der Waals surface area contributed by atoms with Gasteiger partial charge in [-0.05, 0) is 43.2 Å². The summed E-state index contributed by atoms with van der Waals surface area (Å²) < 4.78 is 0.683. The van der Waals surface area contributed by atoms with Crippen LogP contribution in [0.1, 0.15) is 25.1 Å². The van der Waals surface area contributed by atoms with E-state index in [1.807, 2.05) is 11.4 Å². The van der Waals surface area contributed by atoms with E-state index in [1.54, 1.807) is 0 Å². The van der Waals surface area contributed by atoms with Crippen molar-refractivity contribution in [2.24, 2.45) is 5.92 Å². The van der Waals surface area contributed by atoms with E-state index in [0.717, 1.165) is 31.3 Å². The van der Waals surface area contributed by atoms with Crippen molar-refractivity contribution in [2.75, 3.05) is 6.54 Å². The molecule has 19 heavy (non-hydrogen) atoms. The quantitative estimate of drug-likeness (QED) is 0.787. The monoisotopic (exact) mass is 279 g/mol. The standard InChI is InChI=1S/C13H17N3O2S/c17-9-2-1-8(5-9)6-14-7-11-15-10-3-4-19-12(10)13(18)16-11/h3-4,8-9,14,17H,1-2,5-7H2,(H,15,16,18). The minimum Gasteiger partial charge on any atom is -0.393 e. The average Bonchev–Trinajstić information content (AvgIpc) is 2.98. The molecule has 0 saturated heterocycles. The summed E-state index contributed by atoms with van der Waals surface area (Å²) in [7, 11) is 0. The molecule has 5 nitrogen and oxygen atoms in total. The van der Waals surface area contributed by atoms with Gasteiger partial charge < -0.3 is 15.4 Å². The first-order valence-corrected chi connectivity index (χ1v) is 7.45. The Kier molecular flexibility index (Phi) is 3.63. The van der Waals surface area contributed by atoms with E-state index in [1.165, 1.54) is 11.3 Å². The molecular weight excluding hydrogens is 262 g/mol. The Hall–Kier alpha value is -1.24. The Morgan fingerprint density at radius 3 is 3.21 bits per heavy atom.